The summed E-state index contributed by atoms with van der Waals surface area (Å²) in [5.41, 5.74) is 6.12. The zero-order valence-corrected chi connectivity index (χ0v) is 15.4. The van der Waals surface area contributed by atoms with E-state index in [0.29, 0.717) is 48.4 Å². The molecule has 1 saturated heterocycles. The molecule has 3 heterocycles. The number of halogens is 1. The van der Waals surface area contributed by atoms with Gasteiger partial charge in [0.15, 0.2) is 11.6 Å². The van der Waals surface area contributed by atoms with Gasteiger partial charge in [-0.2, -0.15) is 0 Å². The maximum Gasteiger partial charge on any atom is 0.341 e. The molecule has 1 aliphatic carbocycles. The van der Waals surface area contributed by atoms with Crippen molar-refractivity contribution in [1.29, 1.82) is 0 Å². The number of carboxylic acid groups (broad SMARTS) is 1. The number of nitrogens with two attached hydrogens (primary N) is 1. The molecule has 8 heteroatoms. The zero-order chi connectivity index (χ0) is 19.6. The molecular formula is C20H22FN3O4. The minimum Gasteiger partial charge on any atom is -0.487 e. The molecule has 1 aromatic heterocycles. The Morgan fingerprint density at radius 3 is 2.75 bits per heavy atom. The average molecular weight is 387 g/mol. The van der Waals surface area contributed by atoms with Gasteiger partial charge in [0.1, 0.15) is 17.9 Å². The van der Waals surface area contributed by atoms with Crippen LogP contribution < -0.4 is 20.8 Å². The fourth-order valence-electron chi connectivity index (χ4n) is 4.81. The quantitative estimate of drug-likeness (QED) is 0.833. The molecule has 0 bridgehead atoms. The Kier molecular flexibility index (Phi) is 3.87. The predicted octanol–water partition coefficient (Wildman–Crippen LogP) is 1.79. The fraction of sp³-hybridized carbons (Fsp3) is 0.500. The molecular weight excluding hydrogens is 365 g/mol. The molecule has 2 fully saturated rings. The molecule has 0 spiro atoms. The van der Waals surface area contributed by atoms with Gasteiger partial charge in [-0.3, -0.25) is 4.79 Å². The summed E-state index contributed by atoms with van der Waals surface area (Å²) in [7, 11) is 0. The molecule has 1 saturated carbocycles. The highest BCUT2D eigenvalue weighted by Gasteiger charge is 2.39. The summed E-state index contributed by atoms with van der Waals surface area (Å²) in [6.45, 7) is 1.91. The molecule has 2 aliphatic heterocycles. The average Bonchev–Trinajstić information content (AvgIpc) is 3.49. The van der Waals surface area contributed by atoms with Crippen LogP contribution in [-0.2, 0) is 6.54 Å². The lowest BCUT2D eigenvalue weighted by molar-refractivity contribution is 0.0694. The first-order valence-electron chi connectivity index (χ1n) is 9.72. The molecule has 2 aromatic rings. The van der Waals surface area contributed by atoms with E-state index in [0.717, 1.165) is 12.5 Å². The van der Waals surface area contributed by atoms with Crippen molar-refractivity contribution in [3.63, 3.8) is 0 Å². The lowest BCUT2D eigenvalue weighted by Gasteiger charge is -2.39. The van der Waals surface area contributed by atoms with Crippen LogP contribution in [-0.4, -0.2) is 41.4 Å². The third-order valence-corrected chi connectivity index (χ3v) is 6.31. The van der Waals surface area contributed by atoms with Crippen LogP contribution in [0, 0.1) is 17.7 Å². The molecule has 2 unspecified atom stereocenters. The number of benzene rings is 1. The number of hydrogen-bond donors (Lipinski definition) is 2. The summed E-state index contributed by atoms with van der Waals surface area (Å²) >= 11 is 0. The second-order valence-corrected chi connectivity index (χ2v) is 8.05. The second kappa shape index (κ2) is 6.20. The number of hydrogen-bond acceptors (Lipinski definition) is 5. The number of rotatable bonds is 3. The second-order valence-electron chi connectivity index (χ2n) is 8.05. The van der Waals surface area contributed by atoms with E-state index in [1.165, 1.54) is 19.0 Å². The number of piperidine rings is 1. The van der Waals surface area contributed by atoms with Crippen LogP contribution in [0.5, 0.6) is 5.75 Å². The van der Waals surface area contributed by atoms with Gasteiger partial charge in [-0.05, 0) is 37.2 Å². The summed E-state index contributed by atoms with van der Waals surface area (Å²) in [5, 5.41) is 9.34. The molecule has 148 valence electrons. The van der Waals surface area contributed by atoms with Crippen LogP contribution in [0.3, 0.4) is 0 Å². The minimum absolute atomic E-state index is 0.0243. The number of aromatic carboxylic acids is 1. The summed E-state index contributed by atoms with van der Waals surface area (Å²) in [6, 6.07) is 1.12. The maximum absolute atomic E-state index is 15.2. The van der Waals surface area contributed by atoms with E-state index >= 15 is 4.39 Å². The van der Waals surface area contributed by atoms with Crippen LogP contribution in [0.2, 0.25) is 0 Å². The number of carboxylic acids is 1. The predicted molar refractivity (Wildman–Crippen MR) is 102 cm³/mol. The lowest BCUT2D eigenvalue weighted by Crippen LogP contribution is -2.49. The summed E-state index contributed by atoms with van der Waals surface area (Å²) < 4.78 is 22.6. The van der Waals surface area contributed by atoms with Gasteiger partial charge in [-0.15, -0.1) is 0 Å². The Labute approximate surface area is 160 Å². The monoisotopic (exact) mass is 387 g/mol. The number of aromatic nitrogens is 1. The highest BCUT2D eigenvalue weighted by Crippen LogP contribution is 2.45. The van der Waals surface area contributed by atoms with Crippen molar-refractivity contribution in [2.75, 3.05) is 24.6 Å². The van der Waals surface area contributed by atoms with Crippen LogP contribution in [0.4, 0.5) is 10.1 Å². The molecule has 3 N–H and O–H groups in total. The molecule has 3 aliphatic rings. The molecule has 1 aromatic carbocycles. The van der Waals surface area contributed by atoms with Gasteiger partial charge in [-0.25, -0.2) is 9.18 Å². The van der Waals surface area contributed by atoms with Crippen molar-refractivity contribution < 1.29 is 19.0 Å². The van der Waals surface area contributed by atoms with Crippen LogP contribution >= 0.6 is 0 Å². The van der Waals surface area contributed by atoms with Crippen LogP contribution in [0.1, 0.15) is 29.6 Å². The van der Waals surface area contributed by atoms with Crippen molar-refractivity contribution in [1.82, 2.24) is 4.57 Å². The normalized spacial score (nSPS) is 24.3. The van der Waals surface area contributed by atoms with Crippen LogP contribution in [0.15, 0.2) is 17.1 Å². The van der Waals surface area contributed by atoms with Gasteiger partial charge in [0, 0.05) is 25.3 Å². The number of nitrogens with zero attached hydrogens (tertiary/aromatic N) is 2. The number of carbonyl (C=O) groups is 1. The summed E-state index contributed by atoms with van der Waals surface area (Å²) in [6.07, 6.45) is 4.70. The van der Waals surface area contributed by atoms with E-state index in [9.17, 15) is 14.7 Å². The van der Waals surface area contributed by atoms with Crippen molar-refractivity contribution in [2.24, 2.45) is 17.6 Å². The first kappa shape index (κ1) is 17.5. The molecule has 0 amide bonds. The Hall–Kier alpha value is -2.61. The topological polar surface area (TPSA) is 97.8 Å². The standard InChI is InChI=1S/C20H22FN3O4/c21-14-7-12-16-19(28-6-5-24(16)8-13(18(12)25)20(26)27)17(14)23-4-3-11(10-1-2-10)15(22)9-23/h7-8,10-11,15H,1-6,9,22H2,(H,26,27). The van der Waals surface area contributed by atoms with Crippen LogP contribution in [0.25, 0.3) is 10.9 Å². The van der Waals surface area contributed by atoms with Crippen molar-refractivity contribution in [3.05, 3.63) is 33.9 Å². The molecule has 5 rings (SSSR count). The molecule has 7 nitrogen and oxygen atoms in total. The Morgan fingerprint density at radius 2 is 2.07 bits per heavy atom. The Bertz CT molecular complexity index is 1050. The van der Waals surface area contributed by atoms with Crippen molar-refractivity contribution >= 4 is 22.6 Å². The van der Waals surface area contributed by atoms with E-state index in [1.54, 1.807) is 4.57 Å². The fourth-order valence-corrected chi connectivity index (χ4v) is 4.81. The van der Waals surface area contributed by atoms with E-state index in [-0.39, 0.29) is 23.6 Å². The van der Waals surface area contributed by atoms with E-state index < -0.39 is 17.2 Å². The SMILES string of the molecule is NC1CN(c2c(F)cc3c(=O)c(C(=O)O)cn4c3c2OCC4)CCC1C1CC1. The van der Waals surface area contributed by atoms with Crippen molar-refractivity contribution in [2.45, 2.75) is 31.8 Å². The van der Waals surface area contributed by atoms with Gasteiger partial charge in [0.05, 0.1) is 17.4 Å². The largest absolute Gasteiger partial charge is 0.487 e. The zero-order valence-electron chi connectivity index (χ0n) is 15.4. The smallest absolute Gasteiger partial charge is 0.341 e. The maximum atomic E-state index is 15.2. The van der Waals surface area contributed by atoms with Gasteiger partial charge < -0.3 is 25.0 Å². The first-order chi connectivity index (χ1) is 13.5. The Balaban J connectivity index is 1.64. The number of pyridine rings is 1. The number of anilines is 1. The molecule has 0 radical (unpaired) electrons. The highest BCUT2D eigenvalue weighted by molar-refractivity contribution is 5.97. The summed E-state index contributed by atoms with van der Waals surface area (Å²) in [5.74, 6) is -0.400. The minimum atomic E-state index is -1.32. The Morgan fingerprint density at radius 1 is 1.29 bits per heavy atom. The van der Waals surface area contributed by atoms with E-state index in [1.807, 2.05) is 4.90 Å². The third-order valence-electron chi connectivity index (χ3n) is 6.31. The van der Waals surface area contributed by atoms with Gasteiger partial charge in [0.2, 0.25) is 5.43 Å². The first-order valence-corrected chi connectivity index (χ1v) is 9.72. The van der Waals surface area contributed by atoms with Gasteiger partial charge in [-0.1, -0.05) is 0 Å². The molecule has 2 atom stereocenters. The third kappa shape index (κ3) is 2.58. The van der Waals surface area contributed by atoms with Gasteiger partial charge in [0.25, 0.3) is 0 Å². The van der Waals surface area contributed by atoms with Crippen molar-refractivity contribution in [3.8, 4) is 5.75 Å². The summed E-state index contributed by atoms with van der Waals surface area (Å²) in [4.78, 5) is 25.9. The van der Waals surface area contributed by atoms with E-state index in [2.05, 4.69) is 0 Å². The highest BCUT2D eigenvalue weighted by atomic mass is 19.1. The number of ether oxygens (including phenoxy) is 1. The lowest BCUT2D eigenvalue weighted by atomic mass is 9.87. The molecule has 28 heavy (non-hydrogen) atoms. The van der Waals surface area contributed by atoms with Gasteiger partial charge >= 0.3 is 5.97 Å². The van der Waals surface area contributed by atoms with E-state index in [4.69, 9.17) is 10.5 Å².